The summed E-state index contributed by atoms with van der Waals surface area (Å²) in [6, 6.07) is 11.0. The largest absolute Gasteiger partial charge is 0.375 e. The second-order valence-corrected chi connectivity index (χ2v) is 6.13. The van der Waals surface area contributed by atoms with E-state index in [1.54, 1.807) is 18.2 Å². The fourth-order valence-electron chi connectivity index (χ4n) is 1.73. The monoisotopic (exact) mass is 386 g/mol. The van der Waals surface area contributed by atoms with Gasteiger partial charge in [0, 0.05) is 10.2 Å². The van der Waals surface area contributed by atoms with E-state index in [0.29, 0.717) is 15.7 Å². The second kappa shape index (κ2) is 7.16. The molecule has 0 aliphatic carbocycles. The lowest BCUT2D eigenvalue weighted by molar-refractivity contribution is -0.114. The number of hydrogen-bond acceptors (Lipinski definition) is 2. The molecule has 0 saturated carbocycles. The lowest BCUT2D eigenvalue weighted by Gasteiger charge is -2.11. The lowest BCUT2D eigenvalue weighted by atomic mass is 10.2. The molecule has 6 heteroatoms. The Kier molecular flexibility index (Phi) is 5.51. The highest BCUT2D eigenvalue weighted by molar-refractivity contribution is 9.10. The molecule has 2 aromatic carbocycles. The maximum Gasteiger partial charge on any atom is 0.243 e. The molecule has 110 valence electrons. The van der Waals surface area contributed by atoms with Gasteiger partial charge >= 0.3 is 0 Å². The molecule has 0 heterocycles. The molecule has 1 amide bonds. The molecule has 0 aromatic heterocycles. The number of anilines is 2. The summed E-state index contributed by atoms with van der Waals surface area (Å²) in [5.41, 5.74) is 2.49. The van der Waals surface area contributed by atoms with Gasteiger partial charge in [-0.3, -0.25) is 4.79 Å². The van der Waals surface area contributed by atoms with Gasteiger partial charge in [0.2, 0.25) is 5.91 Å². The summed E-state index contributed by atoms with van der Waals surface area (Å²) in [7, 11) is 0. The van der Waals surface area contributed by atoms with Gasteiger partial charge in [0.25, 0.3) is 0 Å². The number of carbonyl (C=O) groups is 1. The Bertz CT molecular complexity index is 677. The number of amides is 1. The highest BCUT2D eigenvalue weighted by atomic mass is 79.9. The Morgan fingerprint density at radius 3 is 2.67 bits per heavy atom. The van der Waals surface area contributed by atoms with E-state index in [1.807, 2.05) is 25.1 Å². The first-order valence-electron chi connectivity index (χ1n) is 6.21. The summed E-state index contributed by atoms with van der Waals surface area (Å²) in [5, 5.41) is 6.52. The number of benzene rings is 2. The van der Waals surface area contributed by atoms with Crippen molar-refractivity contribution in [2.45, 2.75) is 6.92 Å². The summed E-state index contributed by atoms with van der Waals surface area (Å²) >= 11 is 15.4. The van der Waals surface area contributed by atoms with Crippen LogP contribution >= 0.6 is 39.1 Å². The van der Waals surface area contributed by atoms with Crippen molar-refractivity contribution in [3.63, 3.8) is 0 Å². The van der Waals surface area contributed by atoms with E-state index >= 15 is 0 Å². The van der Waals surface area contributed by atoms with Crippen molar-refractivity contribution < 1.29 is 4.79 Å². The molecule has 0 saturated heterocycles. The normalized spacial score (nSPS) is 10.3. The highest BCUT2D eigenvalue weighted by Gasteiger charge is 2.08. The maximum atomic E-state index is 11.9. The van der Waals surface area contributed by atoms with Crippen LogP contribution in [0.2, 0.25) is 10.0 Å². The van der Waals surface area contributed by atoms with Crippen LogP contribution in [0.15, 0.2) is 40.9 Å². The van der Waals surface area contributed by atoms with Gasteiger partial charge < -0.3 is 10.6 Å². The van der Waals surface area contributed by atoms with E-state index in [2.05, 4.69) is 26.6 Å². The molecule has 0 aliphatic heterocycles. The molecule has 0 aliphatic rings. The molecule has 0 atom stereocenters. The first kappa shape index (κ1) is 16.1. The highest BCUT2D eigenvalue weighted by Crippen LogP contribution is 2.29. The zero-order chi connectivity index (χ0) is 15.4. The number of rotatable bonds is 4. The SMILES string of the molecule is Cc1ccc(NCC(=O)Nc2cccc(Cl)c2Cl)c(Br)c1. The molecule has 3 nitrogen and oxygen atoms in total. The van der Waals surface area contributed by atoms with Crippen molar-refractivity contribution in [2.75, 3.05) is 17.2 Å². The van der Waals surface area contributed by atoms with Crippen LogP contribution in [0.4, 0.5) is 11.4 Å². The Hall–Kier alpha value is -1.23. The molecular weight excluding hydrogens is 375 g/mol. The Morgan fingerprint density at radius 2 is 1.95 bits per heavy atom. The Labute approximate surface area is 141 Å². The predicted octanol–water partition coefficient (Wildman–Crippen LogP) is 5.11. The maximum absolute atomic E-state index is 11.9. The third-order valence-electron chi connectivity index (χ3n) is 2.79. The standard InChI is InChI=1S/C15H13BrCl2N2O/c1-9-5-6-12(10(16)7-9)19-8-14(21)20-13-4-2-3-11(17)15(13)18/h2-7,19H,8H2,1H3,(H,20,21). The molecule has 21 heavy (non-hydrogen) atoms. The van der Waals surface area contributed by atoms with Gasteiger partial charge in [0.05, 0.1) is 22.3 Å². The lowest BCUT2D eigenvalue weighted by Crippen LogP contribution is -2.22. The van der Waals surface area contributed by atoms with Crippen molar-refractivity contribution in [1.29, 1.82) is 0 Å². The predicted molar refractivity (Wildman–Crippen MR) is 92.5 cm³/mol. The van der Waals surface area contributed by atoms with E-state index < -0.39 is 0 Å². The minimum atomic E-state index is -0.202. The third kappa shape index (κ3) is 4.37. The topological polar surface area (TPSA) is 41.1 Å². The third-order valence-corrected chi connectivity index (χ3v) is 4.26. The number of halogens is 3. The number of hydrogen-bond donors (Lipinski definition) is 2. The first-order valence-corrected chi connectivity index (χ1v) is 7.76. The van der Waals surface area contributed by atoms with E-state index in [-0.39, 0.29) is 12.5 Å². The van der Waals surface area contributed by atoms with Gasteiger partial charge in [-0.05, 0) is 52.7 Å². The van der Waals surface area contributed by atoms with E-state index in [0.717, 1.165) is 15.7 Å². The van der Waals surface area contributed by atoms with Crippen molar-refractivity contribution in [2.24, 2.45) is 0 Å². The van der Waals surface area contributed by atoms with Crippen LogP contribution in [0.5, 0.6) is 0 Å². The second-order valence-electron chi connectivity index (χ2n) is 4.49. The van der Waals surface area contributed by atoms with Crippen molar-refractivity contribution in [1.82, 2.24) is 0 Å². The van der Waals surface area contributed by atoms with E-state index in [4.69, 9.17) is 23.2 Å². The Morgan fingerprint density at radius 1 is 1.19 bits per heavy atom. The van der Waals surface area contributed by atoms with Crippen LogP contribution in [-0.2, 0) is 4.79 Å². The zero-order valence-corrected chi connectivity index (χ0v) is 14.3. The fraction of sp³-hybridized carbons (Fsp3) is 0.133. The molecule has 2 aromatic rings. The van der Waals surface area contributed by atoms with E-state index in [9.17, 15) is 4.79 Å². The van der Waals surface area contributed by atoms with Crippen molar-refractivity contribution in [3.05, 3.63) is 56.5 Å². The Balaban J connectivity index is 1.97. The van der Waals surface area contributed by atoms with Crippen LogP contribution in [0.25, 0.3) is 0 Å². The molecule has 2 N–H and O–H groups in total. The smallest absolute Gasteiger partial charge is 0.243 e. The van der Waals surface area contributed by atoms with Crippen LogP contribution in [0.1, 0.15) is 5.56 Å². The van der Waals surface area contributed by atoms with Crippen LogP contribution in [0.3, 0.4) is 0 Å². The van der Waals surface area contributed by atoms with Crippen molar-refractivity contribution >= 4 is 56.4 Å². The van der Waals surface area contributed by atoms with Gasteiger partial charge in [0.1, 0.15) is 0 Å². The minimum absolute atomic E-state index is 0.129. The van der Waals surface area contributed by atoms with Gasteiger partial charge in [-0.1, -0.05) is 35.3 Å². The molecule has 0 spiro atoms. The molecule has 0 unspecified atom stereocenters. The number of nitrogens with one attached hydrogen (secondary N) is 2. The summed E-state index contributed by atoms with van der Waals surface area (Å²) in [4.78, 5) is 11.9. The van der Waals surface area contributed by atoms with Gasteiger partial charge in [-0.2, -0.15) is 0 Å². The van der Waals surface area contributed by atoms with Crippen LogP contribution in [0, 0.1) is 6.92 Å². The first-order chi connectivity index (χ1) is 9.97. The summed E-state index contributed by atoms with van der Waals surface area (Å²) < 4.78 is 0.913. The average molecular weight is 388 g/mol. The fourth-order valence-corrected chi connectivity index (χ4v) is 2.71. The molecule has 2 rings (SSSR count). The van der Waals surface area contributed by atoms with Gasteiger partial charge in [-0.15, -0.1) is 0 Å². The quantitative estimate of drug-likeness (QED) is 0.764. The van der Waals surface area contributed by atoms with Gasteiger partial charge in [0.15, 0.2) is 0 Å². The molecular formula is C15H13BrCl2N2O. The number of aryl methyl sites for hydroxylation is 1. The van der Waals surface area contributed by atoms with Crippen molar-refractivity contribution in [3.8, 4) is 0 Å². The zero-order valence-electron chi connectivity index (χ0n) is 11.2. The average Bonchev–Trinajstić information content (AvgIpc) is 2.43. The summed E-state index contributed by atoms with van der Waals surface area (Å²) in [5.74, 6) is -0.202. The minimum Gasteiger partial charge on any atom is -0.375 e. The molecule has 0 bridgehead atoms. The van der Waals surface area contributed by atoms with Crippen LogP contribution in [-0.4, -0.2) is 12.5 Å². The summed E-state index contributed by atoms with van der Waals surface area (Å²) in [6.45, 7) is 2.13. The molecule has 0 fully saturated rings. The van der Waals surface area contributed by atoms with Gasteiger partial charge in [-0.25, -0.2) is 0 Å². The summed E-state index contributed by atoms with van der Waals surface area (Å²) in [6.07, 6.45) is 0. The molecule has 0 radical (unpaired) electrons. The van der Waals surface area contributed by atoms with E-state index in [1.165, 1.54) is 0 Å². The van der Waals surface area contributed by atoms with Crippen LogP contribution < -0.4 is 10.6 Å². The number of carbonyl (C=O) groups excluding carboxylic acids is 1.